The number of halogens is 4. The lowest BCUT2D eigenvalue weighted by Crippen LogP contribution is -2.13. The summed E-state index contributed by atoms with van der Waals surface area (Å²) < 4.78 is 55.4. The van der Waals surface area contributed by atoms with E-state index in [0.717, 1.165) is 11.6 Å². The van der Waals surface area contributed by atoms with E-state index >= 15 is 0 Å². The number of ether oxygens (including phenoxy) is 1. The molecule has 0 saturated heterocycles. The minimum atomic E-state index is -3.94. The maximum Gasteiger partial charge on any atom is 0.387 e. The lowest BCUT2D eigenvalue weighted by Gasteiger charge is -2.12. The number of rotatable bonds is 5. The molecule has 2 aromatic rings. The van der Waals surface area contributed by atoms with E-state index in [4.69, 9.17) is 23.2 Å². The highest BCUT2D eigenvalue weighted by molar-refractivity contribution is 7.92. The summed E-state index contributed by atoms with van der Waals surface area (Å²) in [7, 11) is -3.94. The third kappa shape index (κ3) is 4.46. The van der Waals surface area contributed by atoms with Gasteiger partial charge >= 0.3 is 6.61 Å². The Morgan fingerprint density at radius 1 is 1.09 bits per heavy atom. The monoisotopic (exact) mass is 381 g/mol. The van der Waals surface area contributed by atoms with Crippen LogP contribution in [0.25, 0.3) is 0 Å². The maximum atomic E-state index is 12.3. The van der Waals surface area contributed by atoms with Gasteiger partial charge in [-0.2, -0.15) is 8.78 Å². The zero-order chi connectivity index (χ0) is 17.2. The Morgan fingerprint density at radius 2 is 1.78 bits per heavy atom. The van der Waals surface area contributed by atoms with Gasteiger partial charge in [-0.3, -0.25) is 4.72 Å². The lowest BCUT2D eigenvalue weighted by molar-refractivity contribution is -0.0497. The van der Waals surface area contributed by atoms with Crippen molar-refractivity contribution in [2.24, 2.45) is 0 Å². The van der Waals surface area contributed by atoms with Crippen LogP contribution in [0.1, 0.15) is 5.56 Å². The largest absolute Gasteiger partial charge is 0.433 e. The number of alkyl halides is 2. The highest BCUT2D eigenvalue weighted by Gasteiger charge is 2.19. The summed E-state index contributed by atoms with van der Waals surface area (Å²) in [6, 6.07) is 8.05. The molecule has 0 unspecified atom stereocenters. The van der Waals surface area contributed by atoms with Crippen LogP contribution in [0.3, 0.4) is 0 Å². The number of aryl methyl sites for hydroxylation is 1. The number of hydrogen-bond donors (Lipinski definition) is 1. The Kier molecular flexibility index (Phi) is 5.33. The van der Waals surface area contributed by atoms with E-state index in [1.807, 2.05) is 0 Å². The minimum absolute atomic E-state index is 0.0706. The van der Waals surface area contributed by atoms with Crippen molar-refractivity contribution in [3.8, 4) is 5.75 Å². The van der Waals surface area contributed by atoms with Gasteiger partial charge in [0.25, 0.3) is 10.0 Å². The molecule has 0 radical (unpaired) electrons. The third-order valence-corrected chi connectivity index (χ3v) is 4.94. The van der Waals surface area contributed by atoms with Gasteiger partial charge in [0.05, 0.1) is 15.7 Å². The van der Waals surface area contributed by atoms with Crippen LogP contribution in [0.2, 0.25) is 10.0 Å². The van der Waals surface area contributed by atoms with Crippen molar-refractivity contribution in [2.75, 3.05) is 4.72 Å². The summed E-state index contributed by atoms with van der Waals surface area (Å²) in [5.41, 5.74) is 0.902. The molecule has 0 amide bonds. The average molecular weight is 382 g/mol. The van der Waals surface area contributed by atoms with E-state index in [2.05, 4.69) is 9.46 Å². The van der Waals surface area contributed by atoms with Gasteiger partial charge in [0, 0.05) is 0 Å². The SMILES string of the molecule is Cc1ccc(S(=O)(=O)Nc2ccc(OC(F)F)c(Cl)c2)c(Cl)c1. The highest BCUT2D eigenvalue weighted by atomic mass is 35.5. The molecule has 0 saturated carbocycles. The molecule has 0 aliphatic rings. The van der Waals surface area contributed by atoms with Crippen molar-refractivity contribution in [3.05, 3.63) is 52.0 Å². The van der Waals surface area contributed by atoms with Crippen molar-refractivity contribution in [1.29, 1.82) is 0 Å². The van der Waals surface area contributed by atoms with Crippen molar-refractivity contribution in [3.63, 3.8) is 0 Å². The first-order chi connectivity index (χ1) is 10.7. The number of hydrogen-bond acceptors (Lipinski definition) is 3. The maximum absolute atomic E-state index is 12.3. The van der Waals surface area contributed by atoms with Crippen LogP contribution in [0.15, 0.2) is 41.3 Å². The van der Waals surface area contributed by atoms with Crippen molar-refractivity contribution in [2.45, 2.75) is 18.4 Å². The molecule has 124 valence electrons. The Hall–Kier alpha value is -1.57. The number of sulfonamides is 1. The molecule has 1 N–H and O–H groups in total. The molecule has 0 fully saturated rings. The Balaban J connectivity index is 2.29. The molecule has 4 nitrogen and oxygen atoms in total. The molecule has 0 aliphatic carbocycles. The van der Waals surface area contributed by atoms with Gasteiger partial charge in [0.1, 0.15) is 10.6 Å². The summed E-state index contributed by atoms with van der Waals surface area (Å²) in [6.45, 7) is -1.25. The number of benzene rings is 2. The fourth-order valence-electron chi connectivity index (χ4n) is 1.79. The smallest absolute Gasteiger partial charge is 0.387 e. The molecular formula is C14H11Cl2F2NO3S. The molecular weight excluding hydrogens is 371 g/mol. The molecule has 2 rings (SSSR count). The molecule has 9 heteroatoms. The van der Waals surface area contributed by atoms with Gasteiger partial charge in [0.15, 0.2) is 0 Å². The summed E-state index contributed by atoms with van der Waals surface area (Å²) in [6.07, 6.45) is 0. The second-order valence-corrected chi connectivity index (χ2v) is 7.03. The van der Waals surface area contributed by atoms with Crippen LogP contribution in [0.5, 0.6) is 5.75 Å². The van der Waals surface area contributed by atoms with Gasteiger partial charge < -0.3 is 4.74 Å². The van der Waals surface area contributed by atoms with Gasteiger partial charge in [-0.25, -0.2) is 8.42 Å². The fourth-order valence-corrected chi connectivity index (χ4v) is 3.66. The second kappa shape index (κ2) is 6.90. The molecule has 2 aromatic carbocycles. The first kappa shape index (κ1) is 17.8. The van der Waals surface area contributed by atoms with Crippen molar-refractivity contribution < 1.29 is 21.9 Å². The summed E-state index contributed by atoms with van der Waals surface area (Å²) in [5, 5.41) is -0.0817. The zero-order valence-corrected chi connectivity index (χ0v) is 14.0. The van der Waals surface area contributed by atoms with Gasteiger partial charge in [-0.05, 0) is 42.8 Å². The average Bonchev–Trinajstić information content (AvgIpc) is 2.40. The van der Waals surface area contributed by atoms with Crippen LogP contribution in [-0.4, -0.2) is 15.0 Å². The normalized spacial score (nSPS) is 11.6. The van der Waals surface area contributed by atoms with E-state index in [9.17, 15) is 17.2 Å². The molecule has 0 aromatic heterocycles. The fraction of sp³-hybridized carbons (Fsp3) is 0.143. The summed E-state index contributed by atoms with van der Waals surface area (Å²) in [4.78, 5) is -0.103. The lowest BCUT2D eigenvalue weighted by atomic mass is 10.2. The molecule has 0 aliphatic heterocycles. The van der Waals surface area contributed by atoms with Crippen LogP contribution >= 0.6 is 23.2 Å². The van der Waals surface area contributed by atoms with Crippen LogP contribution < -0.4 is 9.46 Å². The van der Waals surface area contributed by atoms with Gasteiger partial charge in [-0.1, -0.05) is 29.3 Å². The predicted molar refractivity (Wildman–Crippen MR) is 85.1 cm³/mol. The minimum Gasteiger partial charge on any atom is -0.433 e. The van der Waals surface area contributed by atoms with E-state index < -0.39 is 16.6 Å². The van der Waals surface area contributed by atoms with Gasteiger partial charge in [-0.15, -0.1) is 0 Å². The van der Waals surface area contributed by atoms with E-state index in [-0.39, 0.29) is 26.4 Å². The van der Waals surface area contributed by atoms with Crippen LogP contribution in [0, 0.1) is 6.92 Å². The quantitative estimate of drug-likeness (QED) is 0.815. The predicted octanol–water partition coefficient (Wildman–Crippen LogP) is 4.70. The zero-order valence-electron chi connectivity index (χ0n) is 11.7. The molecule has 23 heavy (non-hydrogen) atoms. The molecule has 0 heterocycles. The Labute approximate surface area is 142 Å². The van der Waals surface area contributed by atoms with Crippen LogP contribution in [-0.2, 0) is 10.0 Å². The molecule has 0 atom stereocenters. The number of anilines is 1. The van der Waals surface area contributed by atoms with E-state index in [0.29, 0.717) is 0 Å². The first-order valence-electron chi connectivity index (χ1n) is 6.22. The van der Waals surface area contributed by atoms with Crippen LogP contribution in [0.4, 0.5) is 14.5 Å². The van der Waals surface area contributed by atoms with E-state index in [1.165, 1.54) is 24.3 Å². The molecule has 0 bridgehead atoms. The third-order valence-electron chi connectivity index (χ3n) is 2.78. The summed E-state index contributed by atoms with van der Waals surface area (Å²) >= 11 is 11.7. The Morgan fingerprint density at radius 3 is 2.35 bits per heavy atom. The molecule has 0 spiro atoms. The highest BCUT2D eigenvalue weighted by Crippen LogP contribution is 2.31. The summed E-state index contributed by atoms with van der Waals surface area (Å²) in [5.74, 6) is -0.252. The Bertz CT molecular complexity index is 829. The topological polar surface area (TPSA) is 55.4 Å². The second-order valence-electron chi connectivity index (χ2n) is 4.56. The van der Waals surface area contributed by atoms with E-state index in [1.54, 1.807) is 13.0 Å². The first-order valence-corrected chi connectivity index (χ1v) is 8.46. The number of nitrogens with one attached hydrogen (secondary N) is 1. The van der Waals surface area contributed by atoms with Crippen molar-refractivity contribution >= 4 is 38.9 Å². The van der Waals surface area contributed by atoms with Crippen molar-refractivity contribution in [1.82, 2.24) is 0 Å². The van der Waals surface area contributed by atoms with Gasteiger partial charge in [0.2, 0.25) is 0 Å². The standard InChI is InChI=1S/C14H11Cl2F2NO3S/c1-8-2-5-13(11(16)6-8)23(20,21)19-9-3-4-12(10(15)7-9)22-14(17)18/h2-7,14,19H,1H3.